The van der Waals surface area contributed by atoms with E-state index in [9.17, 15) is 9.59 Å². The summed E-state index contributed by atoms with van der Waals surface area (Å²) in [4.78, 5) is 32.6. The molecule has 3 aromatic carbocycles. The Labute approximate surface area is 215 Å². The van der Waals surface area contributed by atoms with Crippen molar-refractivity contribution in [3.05, 3.63) is 89.1 Å². The van der Waals surface area contributed by atoms with Crippen molar-refractivity contribution in [2.24, 2.45) is 0 Å². The second kappa shape index (κ2) is 10.3. The molecule has 0 fully saturated rings. The third-order valence-corrected chi connectivity index (χ3v) is 6.04. The second-order valence-corrected chi connectivity index (χ2v) is 9.24. The van der Waals surface area contributed by atoms with Gasteiger partial charge in [-0.05, 0) is 81.2 Å². The molecule has 0 unspecified atom stereocenters. The van der Waals surface area contributed by atoms with Crippen molar-refractivity contribution in [1.29, 1.82) is 0 Å². The molecular formula is C29H28N4O4. The molecule has 0 saturated heterocycles. The number of ether oxygens (including phenoxy) is 2. The van der Waals surface area contributed by atoms with Crippen LogP contribution in [-0.2, 0) is 6.54 Å². The minimum atomic E-state index is -0.284. The first kappa shape index (κ1) is 24.3. The van der Waals surface area contributed by atoms with Crippen LogP contribution < -0.4 is 20.1 Å². The van der Waals surface area contributed by atoms with Crippen molar-refractivity contribution in [1.82, 2.24) is 9.88 Å². The topological polar surface area (TPSA) is 92.8 Å². The fourth-order valence-corrected chi connectivity index (χ4v) is 4.14. The van der Waals surface area contributed by atoms with Crippen LogP contribution in [0.15, 0.2) is 66.7 Å². The molecule has 2 N–H and O–H groups in total. The van der Waals surface area contributed by atoms with Crippen molar-refractivity contribution >= 4 is 34.1 Å². The molecule has 1 aromatic heterocycles. The van der Waals surface area contributed by atoms with Gasteiger partial charge in [0.15, 0.2) is 11.5 Å². The van der Waals surface area contributed by atoms with Crippen LogP contribution in [0, 0.1) is 6.92 Å². The van der Waals surface area contributed by atoms with E-state index < -0.39 is 0 Å². The van der Waals surface area contributed by atoms with Crippen LogP contribution in [0.5, 0.6) is 11.5 Å². The molecule has 188 valence electrons. The minimum Gasteiger partial charge on any atom is -0.486 e. The van der Waals surface area contributed by atoms with Crippen molar-refractivity contribution in [2.75, 3.05) is 37.9 Å². The van der Waals surface area contributed by atoms with E-state index in [0.717, 1.165) is 28.7 Å². The lowest BCUT2D eigenvalue weighted by Crippen LogP contribution is -2.17. The van der Waals surface area contributed by atoms with E-state index in [1.165, 1.54) is 0 Å². The number of aromatic nitrogens is 1. The zero-order valence-electron chi connectivity index (χ0n) is 21.0. The van der Waals surface area contributed by atoms with Crippen LogP contribution in [0.1, 0.15) is 32.0 Å². The van der Waals surface area contributed by atoms with Gasteiger partial charge >= 0.3 is 0 Å². The van der Waals surface area contributed by atoms with Gasteiger partial charge in [-0.15, -0.1) is 0 Å². The molecule has 0 atom stereocenters. The van der Waals surface area contributed by atoms with Gasteiger partial charge in [0.25, 0.3) is 11.8 Å². The Morgan fingerprint density at radius 3 is 2.38 bits per heavy atom. The third-order valence-electron chi connectivity index (χ3n) is 6.04. The molecule has 8 heteroatoms. The van der Waals surface area contributed by atoms with Crippen LogP contribution in [0.2, 0.25) is 0 Å². The molecule has 0 radical (unpaired) electrons. The average Bonchev–Trinajstić information content (AvgIpc) is 2.89. The Morgan fingerprint density at radius 1 is 0.838 bits per heavy atom. The molecule has 37 heavy (non-hydrogen) atoms. The van der Waals surface area contributed by atoms with Crippen LogP contribution >= 0.6 is 0 Å². The molecule has 0 aliphatic carbocycles. The Hall–Kier alpha value is -4.43. The largest absolute Gasteiger partial charge is 0.486 e. The first-order valence-electron chi connectivity index (χ1n) is 12.0. The fraction of sp³-hybridized carbons (Fsp3) is 0.207. The number of nitrogens with zero attached hydrogens (tertiary/aromatic N) is 2. The highest BCUT2D eigenvalue weighted by molar-refractivity contribution is 6.08. The van der Waals surface area contributed by atoms with Crippen LogP contribution in [-0.4, -0.2) is 49.0 Å². The quantitative estimate of drug-likeness (QED) is 0.395. The zero-order valence-corrected chi connectivity index (χ0v) is 21.0. The summed E-state index contributed by atoms with van der Waals surface area (Å²) in [7, 11) is 4.00. The molecule has 2 amide bonds. The number of fused-ring (bicyclic) bond motifs is 2. The van der Waals surface area contributed by atoms with E-state index in [1.54, 1.807) is 36.4 Å². The van der Waals surface area contributed by atoms with Crippen molar-refractivity contribution in [3.63, 3.8) is 0 Å². The maximum Gasteiger partial charge on any atom is 0.255 e. The summed E-state index contributed by atoms with van der Waals surface area (Å²) < 4.78 is 11.1. The van der Waals surface area contributed by atoms with E-state index in [2.05, 4.69) is 20.5 Å². The number of benzene rings is 3. The molecule has 0 spiro atoms. The van der Waals surface area contributed by atoms with Gasteiger partial charge in [-0.1, -0.05) is 12.1 Å². The van der Waals surface area contributed by atoms with Crippen molar-refractivity contribution < 1.29 is 19.1 Å². The summed E-state index contributed by atoms with van der Waals surface area (Å²) in [5.74, 6) is 0.656. The SMILES string of the molecule is Cc1ccc(NC(=O)c2ccc3c(c2)OCCO3)cc1NC(=O)c1ccc2nc(CN(C)C)ccc2c1. The molecule has 4 aromatic rings. The summed E-state index contributed by atoms with van der Waals surface area (Å²) in [6, 6.07) is 19.9. The van der Waals surface area contributed by atoms with Crippen molar-refractivity contribution in [2.45, 2.75) is 13.5 Å². The monoisotopic (exact) mass is 496 g/mol. The molecule has 0 bridgehead atoms. The zero-order chi connectivity index (χ0) is 25.9. The maximum absolute atomic E-state index is 13.1. The molecule has 5 rings (SSSR count). The predicted molar refractivity (Wildman–Crippen MR) is 144 cm³/mol. The highest BCUT2D eigenvalue weighted by Crippen LogP contribution is 2.31. The Bertz CT molecular complexity index is 1500. The number of rotatable bonds is 6. The summed E-state index contributed by atoms with van der Waals surface area (Å²) in [6.45, 7) is 3.59. The number of aryl methyl sites for hydroxylation is 1. The van der Waals surface area contributed by atoms with Crippen molar-refractivity contribution in [3.8, 4) is 11.5 Å². The van der Waals surface area contributed by atoms with Gasteiger partial charge in [-0.3, -0.25) is 14.6 Å². The van der Waals surface area contributed by atoms with Crippen LogP contribution in [0.4, 0.5) is 11.4 Å². The number of carbonyl (C=O) groups excluding carboxylic acids is 2. The summed E-state index contributed by atoms with van der Waals surface area (Å²) >= 11 is 0. The predicted octanol–water partition coefficient (Wildman–Crippen LogP) is 4.88. The van der Waals surface area contributed by atoms with Gasteiger partial charge in [0.1, 0.15) is 13.2 Å². The number of carbonyl (C=O) groups is 2. The molecule has 8 nitrogen and oxygen atoms in total. The molecule has 0 saturated carbocycles. The molecule has 1 aliphatic rings. The minimum absolute atomic E-state index is 0.238. The first-order chi connectivity index (χ1) is 17.9. The average molecular weight is 497 g/mol. The highest BCUT2D eigenvalue weighted by Gasteiger charge is 2.16. The van der Waals surface area contributed by atoms with Gasteiger partial charge in [0, 0.05) is 34.4 Å². The number of hydrogen-bond donors (Lipinski definition) is 2. The number of pyridine rings is 1. The highest BCUT2D eigenvalue weighted by atomic mass is 16.6. The first-order valence-corrected chi connectivity index (χ1v) is 12.0. The lowest BCUT2D eigenvalue weighted by molar-refractivity contribution is 0.101. The third kappa shape index (κ3) is 5.54. The van der Waals surface area contributed by atoms with E-state index in [4.69, 9.17) is 9.47 Å². The summed E-state index contributed by atoms with van der Waals surface area (Å²) in [5, 5.41) is 6.76. The van der Waals surface area contributed by atoms with E-state index in [0.29, 0.717) is 47.2 Å². The van der Waals surface area contributed by atoms with Gasteiger partial charge in [0.05, 0.1) is 11.2 Å². The number of anilines is 2. The molecular weight excluding hydrogens is 468 g/mol. The molecule has 2 heterocycles. The number of nitrogens with one attached hydrogen (secondary N) is 2. The van der Waals surface area contributed by atoms with E-state index >= 15 is 0 Å². The fourth-order valence-electron chi connectivity index (χ4n) is 4.14. The summed E-state index contributed by atoms with van der Waals surface area (Å²) in [6.07, 6.45) is 0. The standard InChI is InChI=1S/C29H28N4O4/c1-18-4-8-22(31-28(34)21-7-11-26-27(15-21)37-13-12-36-26)16-25(18)32-29(35)20-6-10-24-19(14-20)5-9-23(30-24)17-33(2)3/h4-11,14-16H,12-13,17H2,1-3H3,(H,31,34)(H,32,35). The Kier molecular flexibility index (Phi) is 6.74. The maximum atomic E-state index is 13.1. The van der Waals surface area contributed by atoms with E-state index in [-0.39, 0.29) is 11.8 Å². The lowest BCUT2D eigenvalue weighted by atomic mass is 10.1. The number of hydrogen-bond acceptors (Lipinski definition) is 6. The molecule has 1 aliphatic heterocycles. The Balaban J connectivity index is 1.30. The lowest BCUT2D eigenvalue weighted by Gasteiger charge is -2.18. The Morgan fingerprint density at radius 2 is 1.57 bits per heavy atom. The summed E-state index contributed by atoms with van der Waals surface area (Å²) in [5.41, 5.74) is 4.85. The number of amides is 2. The van der Waals surface area contributed by atoms with Gasteiger partial charge in [-0.25, -0.2) is 0 Å². The van der Waals surface area contributed by atoms with Crippen LogP contribution in [0.25, 0.3) is 10.9 Å². The van der Waals surface area contributed by atoms with Crippen LogP contribution in [0.3, 0.4) is 0 Å². The van der Waals surface area contributed by atoms with E-state index in [1.807, 2.05) is 51.4 Å². The second-order valence-electron chi connectivity index (χ2n) is 9.24. The smallest absolute Gasteiger partial charge is 0.255 e. The normalized spacial score (nSPS) is 12.4. The van der Waals surface area contributed by atoms with Gasteiger partial charge < -0.3 is 25.0 Å². The van der Waals surface area contributed by atoms with Gasteiger partial charge in [0.2, 0.25) is 0 Å². The van der Waals surface area contributed by atoms with Gasteiger partial charge in [-0.2, -0.15) is 0 Å².